The molecule has 0 aliphatic carbocycles. The summed E-state index contributed by atoms with van der Waals surface area (Å²) in [4.78, 5) is 20.2. The van der Waals surface area contributed by atoms with Gasteiger partial charge in [0.1, 0.15) is 11.5 Å². The molecule has 148 valence electrons. The normalized spacial score (nSPS) is 14.3. The van der Waals surface area contributed by atoms with Crippen LogP contribution in [0, 0.1) is 6.92 Å². The SMILES string of the molecule is COc1ccccc1CN1CCc2nc3cc(-c4ccoc4C)[nH]n3c(=O)c2C1. The van der Waals surface area contributed by atoms with Gasteiger partial charge in [-0.3, -0.25) is 14.8 Å². The first-order chi connectivity index (χ1) is 14.1. The number of rotatable bonds is 4. The molecule has 0 radical (unpaired) electrons. The lowest BCUT2D eigenvalue weighted by molar-refractivity contribution is 0.238. The fourth-order valence-corrected chi connectivity index (χ4v) is 4.05. The number of methoxy groups -OCH3 is 1. The predicted octanol–water partition coefficient (Wildman–Crippen LogP) is 3.16. The van der Waals surface area contributed by atoms with E-state index in [1.54, 1.807) is 13.4 Å². The topological polar surface area (TPSA) is 75.8 Å². The van der Waals surface area contributed by atoms with E-state index in [1.165, 1.54) is 4.52 Å². The second-order valence-electron chi connectivity index (χ2n) is 7.37. The number of aromatic amines is 1. The van der Waals surface area contributed by atoms with Crippen LogP contribution in [0.25, 0.3) is 16.9 Å². The number of furan rings is 1. The van der Waals surface area contributed by atoms with Gasteiger partial charge in [-0.15, -0.1) is 0 Å². The van der Waals surface area contributed by atoms with Crippen LogP contribution in [0.5, 0.6) is 5.75 Å². The summed E-state index contributed by atoms with van der Waals surface area (Å²) < 4.78 is 12.4. The summed E-state index contributed by atoms with van der Waals surface area (Å²) in [6.45, 7) is 4.06. The van der Waals surface area contributed by atoms with Crippen molar-refractivity contribution in [3.63, 3.8) is 0 Å². The summed E-state index contributed by atoms with van der Waals surface area (Å²) in [5.41, 5.74) is 5.12. The monoisotopic (exact) mass is 390 g/mol. The van der Waals surface area contributed by atoms with Gasteiger partial charge < -0.3 is 9.15 Å². The quantitative estimate of drug-likeness (QED) is 0.579. The lowest BCUT2D eigenvalue weighted by Gasteiger charge is -2.28. The molecule has 0 atom stereocenters. The molecule has 29 heavy (non-hydrogen) atoms. The van der Waals surface area contributed by atoms with Crippen molar-refractivity contribution in [2.75, 3.05) is 13.7 Å². The third-order valence-corrected chi connectivity index (χ3v) is 5.58. The van der Waals surface area contributed by atoms with Crippen molar-refractivity contribution in [1.82, 2.24) is 19.5 Å². The Labute approximate surface area is 167 Å². The Kier molecular flexibility index (Phi) is 4.24. The number of aryl methyl sites for hydroxylation is 1. The van der Waals surface area contributed by atoms with Gasteiger partial charge >= 0.3 is 0 Å². The van der Waals surface area contributed by atoms with E-state index in [9.17, 15) is 4.79 Å². The summed E-state index contributed by atoms with van der Waals surface area (Å²) in [5.74, 6) is 1.67. The molecule has 0 spiro atoms. The molecule has 1 aliphatic rings. The molecule has 4 aromatic rings. The molecule has 0 bridgehead atoms. The van der Waals surface area contributed by atoms with E-state index in [0.29, 0.717) is 12.2 Å². The summed E-state index contributed by atoms with van der Waals surface area (Å²) in [7, 11) is 1.68. The van der Waals surface area contributed by atoms with Gasteiger partial charge in [0, 0.05) is 43.2 Å². The molecule has 3 aromatic heterocycles. The average Bonchev–Trinajstić information content (AvgIpc) is 3.35. The van der Waals surface area contributed by atoms with Gasteiger partial charge in [-0.25, -0.2) is 9.50 Å². The maximum Gasteiger partial charge on any atom is 0.277 e. The van der Waals surface area contributed by atoms with E-state index in [-0.39, 0.29) is 5.56 Å². The fourth-order valence-electron chi connectivity index (χ4n) is 4.05. The van der Waals surface area contributed by atoms with Crippen molar-refractivity contribution in [1.29, 1.82) is 0 Å². The number of hydrogen-bond donors (Lipinski definition) is 1. The second kappa shape index (κ2) is 6.93. The Morgan fingerprint density at radius 2 is 2.14 bits per heavy atom. The largest absolute Gasteiger partial charge is 0.496 e. The molecular formula is C22H22N4O3. The fraction of sp³-hybridized carbons (Fsp3) is 0.273. The zero-order valence-corrected chi connectivity index (χ0v) is 16.4. The zero-order chi connectivity index (χ0) is 20.0. The van der Waals surface area contributed by atoms with E-state index in [1.807, 2.05) is 37.3 Å². The van der Waals surface area contributed by atoms with Gasteiger partial charge in [-0.05, 0) is 19.1 Å². The maximum atomic E-state index is 13.2. The Hall–Kier alpha value is -3.32. The third-order valence-electron chi connectivity index (χ3n) is 5.58. The van der Waals surface area contributed by atoms with Crippen LogP contribution in [-0.4, -0.2) is 33.2 Å². The number of nitrogens with one attached hydrogen (secondary N) is 1. The Balaban J connectivity index is 1.49. The van der Waals surface area contributed by atoms with Crippen LogP contribution in [0.4, 0.5) is 0 Å². The van der Waals surface area contributed by atoms with Crippen molar-refractivity contribution in [3.05, 3.63) is 75.6 Å². The van der Waals surface area contributed by atoms with Crippen LogP contribution in [-0.2, 0) is 19.5 Å². The summed E-state index contributed by atoms with van der Waals surface area (Å²) >= 11 is 0. The Morgan fingerprint density at radius 3 is 2.93 bits per heavy atom. The summed E-state index contributed by atoms with van der Waals surface area (Å²) in [5, 5.41) is 3.18. The Bertz CT molecular complexity index is 1250. The highest BCUT2D eigenvalue weighted by atomic mass is 16.5. The van der Waals surface area contributed by atoms with Crippen molar-refractivity contribution in [2.24, 2.45) is 0 Å². The molecule has 0 saturated carbocycles. The summed E-state index contributed by atoms with van der Waals surface area (Å²) in [6.07, 6.45) is 2.40. The standard InChI is InChI=1S/C22H22N4O3/c1-14-16(8-10-29-14)19-11-21-23-18-7-9-25(13-17(18)22(27)26(21)24-19)12-15-5-3-4-6-20(15)28-2/h3-6,8,10-11,24H,7,9,12-13H2,1-2H3. The van der Waals surface area contributed by atoms with Gasteiger partial charge in [0.05, 0.1) is 30.3 Å². The van der Waals surface area contributed by atoms with Crippen LogP contribution in [0.1, 0.15) is 22.6 Å². The number of ether oxygens (including phenoxy) is 1. The highest BCUT2D eigenvalue weighted by molar-refractivity contribution is 5.65. The van der Waals surface area contributed by atoms with Crippen molar-refractivity contribution < 1.29 is 9.15 Å². The molecule has 1 aromatic carbocycles. The average molecular weight is 390 g/mol. The van der Waals surface area contributed by atoms with Crippen LogP contribution in [0.15, 0.2) is 51.9 Å². The molecule has 0 amide bonds. The predicted molar refractivity (Wildman–Crippen MR) is 109 cm³/mol. The molecule has 5 rings (SSSR count). The first-order valence-corrected chi connectivity index (χ1v) is 9.66. The maximum absolute atomic E-state index is 13.2. The lowest BCUT2D eigenvalue weighted by Crippen LogP contribution is -2.36. The number of H-pyrrole nitrogens is 1. The van der Waals surface area contributed by atoms with Crippen molar-refractivity contribution >= 4 is 5.65 Å². The highest BCUT2D eigenvalue weighted by Crippen LogP contribution is 2.25. The van der Waals surface area contributed by atoms with Gasteiger partial charge in [-0.2, -0.15) is 0 Å². The zero-order valence-electron chi connectivity index (χ0n) is 16.4. The highest BCUT2D eigenvalue weighted by Gasteiger charge is 2.23. The molecule has 4 heterocycles. The minimum atomic E-state index is -0.0397. The minimum absolute atomic E-state index is 0.0397. The van der Waals surface area contributed by atoms with Crippen LogP contribution < -0.4 is 10.3 Å². The molecule has 1 aliphatic heterocycles. The van der Waals surface area contributed by atoms with Crippen LogP contribution in [0.3, 0.4) is 0 Å². The van der Waals surface area contributed by atoms with Gasteiger partial charge in [0.25, 0.3) is 5.56 Å². The molecule has 1 N–H and O–H groups in total. The molecule has 7 nitrogen and oxygen atoms in total. The number of nitrogens with zero attached hydrogens (tertiary/aromatic N) is 3. The number of hydrogen-bond acceptors (Lipinski definition) is 5. The molecule has 0 fully saturated rings. The summed E-state index contributed by atoms with van der Waals surface area (Å²) in [6, 6.07) is 11.8. The van der Waals surface area contributed by atoms with E-state index in [2.05, 4.69) is 16.1 Å². The molecule has 7 heteroatoms. The third kappa shape index (κ3) is 3.03. The van der Waals surface area contributed by atoms with Crippen molar-refractivity contribution in [2.45, 2.75) is 26.4 Å². The van der Waals surface area contributed by atoms with Gasteiger partial charge in [0.2, 0.25) is 0 Å². The number of fused-ring (bicyclic) bond motifs is 2. The smallest absolute Gasteiger partial charge is 0.277 e. The first-order valence-electron chi connectivity index (χ1n) is 9.66. The molecule has 0 unspecified atom stereocenters. The van der Waals surface area contributed by atoms with Crippen LogP contribution in [0.2, 0.25) is 0 Å². The van der Waals surface area contributed by atoms with Crippen LogP contribution >= 0.6 is 0 Å². The van der Waals surface area contributed by atoms with Gasteiger partial charge in [0.15, 0.2) is 5.65 Å². The number of aromatic nitrogens is 3. The van der Waals surface area contributed by atoms with E-state index >= 15 is 0 Å². The first kappa shape index (κ1) is 17.8. The minimum Gasteiger partial charge on any atom is -0.496 e. The van der Waals surface area contributed by atoms with Gasteiger partial charge in [-0.1, -0.05) is 18.2 Å². The second-order valence-corrected chi connectivity index (χ2v) is 7.37. The van der Waals surface area contributed by atoms with E-state index in [0.717, 1.165) is 59.1 Å². The number of benzene rings is 1. The Morgan fingerprint density at radius 1 is 1.28 bits per heavy atom. The van der Waals surface area contributed by atoms with E-state index in [4.69, 9.17) is 14.1 Å². The lowest BCUT2D eigenvalue weighted by atomic mass is 10.1. The molecular weight excluding hydrogens is 368 g/mol. The number of para-hydroxylation sites is 1. The molecule has 0 saturated heterocycles. The van der Waals surface area contributed by atoms with E-state index < -0.39 is 0 Å². The van der Waals surface area contributed by atoms with Crippen molar-refractivity contribution in [3.8, 4) is 17.0 Å².